The van der Waals surface area contributed by atoms with E-state index in [4.69, 9.17) is 0 Å². The number of aryl methyl sites for hydroxylation is 1. The van der Waals surface area contributed by atoms with Gasteiger partial charge in [-0.3, -0.25) is 4.79 Å². The zero-order valence-corrected chi connectivity index (χ0v) is 15.8. The molecule has 0 heterocycles. The molecule has 0 aromatic heterocycles. The van der Waals surface area contributed by atoms with Gasteiger partial charge in [0.2, 0.25) is 0 Å². The third-order valence-electron chi connectivity index (χ3n) is 4.24. The summed E-state index contributed by atoms with van der Waals surface area (Å²) in [6.07, 6.45) is -5.05. The van der Waals surface area contributed by atoms with Crippen molar-refractivity contribution in [1.82, 2.24) is 0 Å². The van der Waals surface area contributed by atoms with Crippen molar-refractivity contribution < 1.29 is 22.5 Å². The zero-order valence-electron chi connectivity index (χ0n) is 14.9. The van der Waals surface area contributed by atoms with Crippen molar-refractivity contribution in [3.8, 4) is 0 Å². The quantitative estimate of drug-likeness (QED) is 0.666. The minimum absolute atomic E-state index is 0.121. The summed E-state index contributed by atoms with van der Waals surface area (Å²) >= 11 is 0. The largest absolute Gasteiger partial charge is 0.471 e. The molecular formula is C21H17F3NO2P. The number of halogens is 3. The highest BCUT2D eigenvalue weighted by Crippen LogP contribution is 2.44. The Balaban J connectivity index is 2.26. The van der Waals surface area contributed by atoms with E-state index < -0.39 is 19.2 Å². The van der Waals surface area contributed by atoms with Crippen LogP contribution in [0.4, 0.5) is 18.9 Å². The molecule has 0 saturated carbocycles. The lowest BCUT2D eigenvalue weighted by atomic mass is 10.2. The Morgan fingerprint density at radius 2 is 1.36 bits per heavy atom. The average Bonchev–Trinajstić information content (AvgIpc) is 2.69. The number of amides is 1. The van der Waals surface area contributed by atoms with E-state index in [1.807, 2.05) is 5.32 Å². The van der Waals surface area contributed by atoms with E-state index in [1.165, 1.54) is 6.07 Å². The molecular weight excluding hydrogens is 386 g/mol. The molecule has 0 bridgehead atoms. The first-order valence-corrected chi connectivity index (χ1v) is 10.1. The molecule has 0 spiro atoms. The molecule has 28 heavy (non-hydrogen) atoms. The van der Waals surface area contributed by atoms with Crippen LogP contribution in [0, 0.1) is 6.92 Å². The molecule has 3 aromatic carbocycles. The van der Waals surface area contributed by atoms with E-state index in [1.54, 1.807) is 79.7 Å². The number of anilines is 1. The lowest BCUT2D eigenvalue weighted by Crippen LogP contribution is -2.34. The van der Waals surface area contributed by atoms with Crippen molar-refractivity contribution in [2.45, 2.75) is 13.1 Å². The summed E-state index contributed by atoms with van der Waals surface area (Å²) < 4.78 is 52.8. The predicted octanol–water partition coefficient (Wildman–Crippen LogP) is 4.14. The Labute approximate surface area is 160 Å². The maximum atomic E-state index is 14.4. The molecule has 3 rings (SSSR count). The molecule has 3 aromatic rings. The Kier molecular flexibility index (Phi) is 5.43. The Bertz CT molecular complexity index is 991. The number of carbonyl (C=O) groups excluding carboxylic acids is 1. The fourth-order valence-corrected chi connectivity index (χ4v) is 5.80. The first-order valence-electron chi connectivity index (χ1n) is 8.43. The van der Waals surface area contributed by atoms with Crippen LogP contribution in [0.3, 0.4) is 0 Å². The number of benzene rings is 3. The number of nitrogens with one attached hydrogen (secondary N) is 1. The summed E-state index contributed by atoms with van der Waals surface area (Å²) in [6, 6.07) is 21.6. The van der Waals surface area contributed by atoms with E-state index in [0.717, 1.165) is 0 Å². The van der Waals surface area contributed by atoms with Crippen molar-refractivity contribution in [2.24, 2.45) is 0 Å². The standard InChI is InChI=1S/C21H17F3NO2P/c1-15-12-13-18(25-20(26)21(22,23)24)19(14-15)28(27,16-8-4-2-5-9-16)17-10-6-3-7-11-17/h2-14H,1H3,(H,25,26). The molecule has 144 valence electrons. The summed E-state index contributed by atoms with van der Waals surface area (Å²) in [5.74, 6) is -2.11. The lowest BCUT2D eigenvalue weighted by Gasteiger charge is -2.23. The van der Waals surface area contributed by atoms with Gasteiger partial charge in [0.1, 0.15) is 0 Å². The molecule has 1 N–H and O–H groups in total. The molecule has 0 aliphatic rings. The van der Waals surface area contributed by atoms with Gasteiger partial charge in [0.15, 0.2) is 7.14 Å². The summed E-state index contributed by atoms with van der Waals surface area (Å²) in [5, 5.41) is 2.98. The van der Waals surface area contributed by atoms with Gasteiger partial charge >= 0.3 is 12.1 Å². The highest BCUT2D eigenvalue weighted by molar-refractivity contribution is 7.85. The van der Waals surface area contributed by atoms with Gasteiger partial charge in [0.25, 0.3) is 0 Å². The van der Waals surface area contributed by atoms with E-state index in [-0.39, 0.29) is 11.0 Å². The van der Waals surface area contributed by atoms with Gasteiger partial charge in [0.05, 0.1) is 5.69 Å². The number of hydrogen-bond donors (Lipinski definition) is 1. The van der Waals surface area contributed by atoms with Gasteiger partial charge in [0, 0.05) is 15.9 Å². The Morgan fingerprint density at radius 3 is 1.82 bits per heavy atom. The topological polar surface area (TPSA) is 46.2 Å². The summed E-state index contributed by atoms with van der Waals surface area (Å²) in [7, 11) is -3.53. The fraction of sp³-hybridized carbons (Fsp3) is 0.0952. The van der Waals surface area contributed by atoms with Crippen LogP contribution < -0.4 is 21.2 Å². The second kappa shape index (κ2) is 7.64. The van der Waals surface area contributed by atoms with Gasteiger partial charge in [-0.25, -0.2) is 0 Å². The van der Waals surface area contributed by atoms with Crippen molar-refractivity contribution >= 4 is 34.7 Å². The zero-order chi connectivity index (χ0) is 20.4. The minimum atomic E-state index is -5.05. The molecule has 0 atom stereocenters. The minimum Gasteiger partial charge on any atom is -0.318 e. The Morgan fingerprint density at radius 1 is 0.857 bits per heavy atom. The van der Waals surface area contributed by atoms with Gasteiger partial charge in [-0.05, 0) is 19.1 Å². The summed E-state index contributed by atoms with van der Waals surface area (Å²) in [6.45, 7) is 1.75. The molecule has 3 nitrogen and oxygen atoms in total. The summed E-state index contributed by atoms with van der Waals surface area (Å²) in [5.41, 5.74) is 0.594. The fourth-order valence-electron chi connectivity index (χ4n) is 2.90. The van der Waals surface area contributed by atoms with Crippen LogP contribution in [-0.4, -0.2) is 12.1 Å². The van der Waals surface area contributed by atoms with E-state index in [0.29, 0.717) is 16.2 Å². The van der Waals surface area contributed by atoms with Gasteiger partial charge in [-0.1, -0.05) is 72.3 Å². The normalized spacial score (nSPS) is 11.9. The third-order valence-corrected chi connectivity index (χ3v) is 7.34. The maximum Gasteiger partial charge on any atom is 0.471 e. The van der Waals surface area contributed by atoms with Crippen LogP contribution in [0.1, 0.15) is 5.56 Å². The van der Waals surface area contributed by atoms with Crippen LogP contribution in [0.5, 0.6) is 0 Å². The van der Waals surface area contributed by atoms with Gasteiger partial charge in [-0.2, -0.15) is 13.2 Å². The maximum absolute atomic E-state index is 14.4. The van der Waals surface area contributed by atoms with Crippen LogP contribution in [0.25, 0.3) is 0 Å². The summed E-state index contributed by atoms with van der Waals surface area (Å²) in [4.78, 5) is 11.5. The van der Waals surface area contributed by atoms with Crippen LogP contribution >= 0.6 is 7.14 Å². The monoisotopic (exact) mass is 403 g/mol. The van der Waals surface area contributed by atoms with E-state index >= 15 is 0 Å². The highest BCUT2D eigenvalue weighted by atomic mass is 31.2. The van der Waals surface area contributed by atoms with Crippen LogP contribution in [0.2, 0.25) is 0 Å². The predicted molar refractivity (Wildman–Crippen MR) is 105 cm³/mol. The van der Waals surface area contributed by atoms with Crippen molar-refractivity contribution in [3.05, 3.63) is 84.4 Å². The van der Waals surface area contributed by atoms with Crippen LogP contribution in [0.15, 0.2) is 78.9 Å². The Hall–Kier alpha value is -2.85. The SMILES string of the molecule is Cc1ccc(NC(=O)C(F)(F)F)c(P(=O)(c2ccccc2)c2ccccc2)c1. The highest BCUT2D eigenvalue weighted by Gasteiger charge is 2.40. The molecule has 0 saturated heterocycles. The van der Waals surface area contributed by atoms with Crippen molar-refractivity contribution in [3.63, 3.8) is 0 Å². The first-order chi connectivity index (χ1) is 13.2. The van der Waals surface area contributed by atoms with Crippen LogP contribution in [-0.2, 0) is 9.36 Å². The van der Waals surface area contributed by atoms with Crippen molar-refractivity contribution in [1.29, 1.82) is 0 Å². The van der Waals surface area contributed by atoms with Crippen molar-refractivity contribution in [2.75, 3.05) is 5.32 Å². The second-order valence-corrected chi connectivity index (χ2v) is 8.99. The number of rotatable bonds is 4. The lowest BCUT2D eigenvalue weighted by molar-refractivity contribution is -0.167. The molecule has 7 heteroatoms. The molecule has 0 unspecified atom stereocenters. The van der Waals surface area contributed by atoms with Gasteiger partial charge in [-0.15, -0.1) is 0 Å². The van der Waals surface area contributed by atoms with E-state index in [9.17, 15) is 22.5 Å². The average molecular weight is 403 g/mol. The van der Waals surface area contributed by atoms with Gasteiger partial charge < -0.3 is 9.88 Å². The number of hydrogen-bond acceptors (Lipinski definition) is 2. The number of alkyl halides is 3. The molecule has 0 fully saturated rings. The number of carbonyl (C=O) groups is 1. The first kappa shape index (κ1) is 19.9. The molecule has 0 aliphatic heterocycles. The molecule has 0 radical (unpaired) electrons. The smallest absolute Gasteiger partial charge is 0.318 e. The molecule has 0 aliphatic carbocycles. The second-order valence-electron chi connectivity index (χ2n) is 6.25. The van der Waals surface area contributed by atoms with E-state index in [2.05, 4.69) is 0 Å². The third kappa shape index (κ3) is 3.87. The molecule has 1 amide bonds.